The summed E-state index contributed by atoms with van der Waals surface area (Å²) >= 11 is 13.1. The van der Waals surface area contributed by atoms with Gasteiger partial charge in [0.1, 0.15) is 11.5 Å². The van der Waals surface area contributed by atoms with E-state index in [1.807, 2.05) is 12.1 Å². The van der Waals surface area contributed by atoms with E-state index in [0.717, 1.165) is 23.5 Å². The number of piperazine rings is 1. The summed E-state index contributed by atoms with van der Waals surface area (Å²) in [4.78, 5) is 33.6. The number of ether oxygens (including phenoxy) is 3. The molecule has 2 saturated heterocycles. The van der Waals surface area contributed by atoms with Crippen LogP contribution in [0.2, 0.25) is 0 Å². The van der Waals surface area contributed by atoms with Crippen molar-refractivity contribution in [3.05, 3.63) is 84.6 Å². The quantitative estimate of drug-likeness (QED) is 0.291. The Hall–Kier alpha value is -3.70. The van der Waals surface area contributed by atoms with E-state index in [1.165, 1.54) is 16.9 Å². The molecule has 0 radical (unpaired) electrons. The summed E-state index contributed by atoms with van der Waals surface area (Å²) in [5.41, 5.74) is -0.650. The van der Waals surface area contributed by atoms with Crippen molar-refractivity contribution in [1.29, 1.82) is 5.26 Å². The molecular formula is C31H28N4O5S4. The van der Waals surface area contributed by atoms with Crippen molar-refractivity contribution in [2.75, 3.05) is 14.2 Å². The molecule has 0 unspecified atom stereocenters. The molecular weight excluding hydrogens is 637 g/mol. The molecule has 1 aromatic heterocycles. The topological polar surface area (TPSA) is 105 Å². The van der Waals surface area contributed by atoms with Crippen LogP contribution >= 0.6 is 48.0 Å². The standard InChI is InChI=1S/C31H28N4O5S4/c1-29(19-32)18-31(44-28(42)40-22-13-9-6-10-14-22)26(37)34(3)30(2,43-27(41)39-21-11-7-5-8-12-21)25(36)35(31)24(29)20-15-16-23(38-4)33-17-20/h5-17,24H,18H2,1-4H3/t24-,29+,30-,31-/m0/s1. The third-order valence-electron chi connectivity index (χ3n) is 7.71. The van der Waals surface area contributed by atoms with Crippen LogP contribution in [0.3, 0.4) is 0 Å². The number of nitrogens with zero attached hydrogens (tertiary/aromatic N) is 4. The average molecular weight is 665 g/mol. The van der Waals surface area contributed by atoms with E-state index in [0.29, 0.717) is 22.9 Å². The number of aromatic nitrogens is 1. The molecule has 226 valence electrons. The van der Waals surface area contributed by atoms with Gasteiger partial charge >= 0.3 is 0 Å². The molecule has 4 atom stereocenters. The maximum Gasteiger partial charge on any atom is 0.261 e. The Labute approximate surface area is 274 Å². The molecule has 2 aliphatic heterocycles. The Morgan fingerprint density at radius 1 is 0.932 bits per heavy atom. The van der Waals surface area contributed by atoms with Crippen LogP contribution in [0.15, 0.2) is 79.0 Å². The van der Waals surface area contributed by atoms with E-state index in [9.17, 15) is 14.9 Å². The number of thiocarbonyl (C=S) groups is 2. The molecule has 0 saturated carbocycles. The number of carbonyl (C=O) groups is 2. The van der Waals surface area contributed by atoms with Gasteiger partial charge in [0.15, 0.2) is 9.74 Å². The van der Waals surface area contributed by atoms with Gasteiger partial charge in [-0.1, -0.05) is 36.4 Å². The molecule has 0 N–H and O–H groups in total. The normalized spacial score (nSPS) is 26.0. The minimum atomic E-state index is -1.60. The van der Waals surface area contributed by atoms with E-state index in [1.54, 1.807) is 87.8 Å². The average Bonchev–Trinajstić information content (AvgIpc) is 3.29. The number of likely N-dealkylation sites (N-methyl/N-ethyl adjacent to an activating group) is 1. The first-order chi connectivity index (χ1) is 21.0. The lowest BCUT2D eigenvalue weighted by Crippen LogP contribution is -2.71. The highest BCUT2D eigenvalue weighted by atomic mass is 32.2. The Kier molecular flexibility index (Phi) is 8.91. The first-order valence-electron chi connectivity index (χ1n) is 13.4. The molecule has 2 fully saturated rings. The number of rotatable bonds is 6. The van der Waals surface area contributed by atoms with E-state index in [4.69, 9.17) is 38.6 Å². The number of benzene rings is 2. The third kappa shape index (κ3) is 5.63. The van der Waals surface area contributed by atoms with Crippen molar-refractivity contribution >= 4 is 68.5 Å². The molecule has 0 aliphatic carbocycles. The molecule has 3 heterocycles. The largest absolute Gasteiger partial charge is 0.481 e. The second-order valence-corrected chi connectivity index (χ2v) is 14.5. The molecule has 5 rings (SSSR count). The number of pyridine rings is 1. The number of nitriles is 1. The zero-order chi connectivity index (χ0) is 31.7. The lowest BCUT2D eigenvalue weighted by molar-refractivity contribution is -0.163. The van der Waals surface area contributed by atoms with Crippen molar-refractivity contribution in [2.24, 2.45) is 5.41 Å². The lowest BCUT2D eigenvalue weighted by atomic mass is 9.80. The zero-order valence-corrected chi connectivity index (χ0v) is 27.5. The molecule has 9 nitrogen and oxygen atoms in total. The van der Waals surface area contributed by atoms with E-state index < -0.39 is 33.0 Å². The monoisotopic (exact) mass is 664 g/mol. The highest BCUT2D eigenvalue weighted by molar-refractivity contribution is 8.24. The summed E-state index contributed by atoms with van der Waals surface area (Å²) < 4.78 is 17.1. The van der Waals surface area contributed by atoms with Crippen LogP contribution in [0, 0.1) is 16.7 Å². The smallest absolute Gasteiger partial charge is 0.261 e. The molecule has 44 heavy (non-hydrogen) atoms. The number of amides is 2. The van der Waals surface area contributed by atoms with Crippen LogP contribution in [-0.4, -0.2) is 59.3 Å². The van der Waals surface area contributed by atoms with Crippen molar-refractivity contribution < 1.29 is 23.8 Å². The molecule has 13 heteroatoms. The fraction of sp³-hybridized carbons (Fsp3) is 0.290. The number of fused-ring (bicyclic) bond motifs is 1. The zero-order valence-electron chi connectivity index (χ0n) is 24.3. The third-order valence-corrected chi connectivity index (χ3v) is 10.6. The summed E-state index contributed by atoms with van der Waals surface area (Å²) in [6.07, 6.45) is 1.54. The number of para-hydroxylation sites is 2. The summed E-state index contributed by atoms with van der Waals surface area (Å²) in [5, 5.41) is 10.6. The van der Waals surface area contributed by atoms with Gasteiger partial charge in [0.25, 0.3) is 11.8 Å². The first kappa shape index (κ1) is 31.7. The van der Waals surface area contributed by atoms with Crippen molar-refractivity contribution in [1.82, 2.24) is 14.8 Å². The van der Waals surface area contributed by atoms with Gasteiger partial charge in [-0.25, -0.2) is 4.98 Å². The Bertz CT molecular complexity index is 1640. The van der Waals surface area contributed by atoms with Crippen LogP contribution in [0.1, 0.15) is 31.9 Å². The number of hydrogen-bond acceptors (Lipinski definition) is 11. The highest BCUT2D eigenvalue weighted by Gasteiger charge is 2.71. The number of carbonyl (C=O) groups excluding carboxylic acids is 2. The van der Waals surface area contributed by atoms with Gasteiger partial charge in [-0.3, -0.25) is 9.59 Å². The van der Waals surface area contributed by atoms with Gasteiger partial charge in [-0.2, -0.15) is 5.26 Å². The van der Waals surface area contributed by atoms with Crippen molar-refractivity contribution in [3.8, 4) is 23.4 Å². The number of hydrogen-bond donors (Lipinski definition) is 0. The van der Waals surface area contributed by atoms with E-state index >= 15 is 0 Å². The Morgan fingerprint density at radius 3 is 2.00 bits per heavy atom. The predicted molar refractivity (Wildman–Crippen MR) is 177 cm³/mol. The SMILES string of the molecule is COc1ccc([C@@H]2N3C(=O)[C@](C)(SC(=S)Oc4ccccc4)N(C)C(=O)[C@@]3(SC(=S)Oc3ccccc3)C[C@]2(C)C#N)cn1. The molecule has 2 aliphatic rings. The second-order valence-electron chi connectivity index (χ2n) is 10.6. The number of methoxy groups -OCH3 is 1. The van der Waals surface area contributed by atoms with Crippen LogP contribution in [0.4, 0.5) is 0 Å². The minimum Gasteiger partial charge on any atom is -0.481 e. The van der Waals surface area contributed by atoms with Crippen LogP contribution in [-0.2, 0) is 9.59 Å². The van der Waals surface area contributed by atoms with Crippen LogP contribution in [0.25, 0.3) is 0 Å². The maximum atomic E-state index is 14.9. The Balaban J connectivity index is 1.59. The van der Waals surface area contributed by atoms with Crippen molar-refractivity contribution in [3.63, 3.8) is 0 Å². The maximum absolute atomic E-state index is 14.9. The van der Waals surface area contributed by atoms with E-state index in [2.05, 4.69) is 11.1 Å². The summed E-state index contributed by atoms with van der Waals surface area (Å²) in [6.45, 7) is 3.36. The summed E-state index contributed by atoms with van der Waals surface area (Å²) in [6, 6.07) is 22.8. The van der Waals surface area contributed by atoms with Crippen LogP contribution < -0.4 is 14.2 Å². The fourth-order valence-corrected chi connectivity index (χ4v) is 8.76. The van der Waals surface area contributed by atoms with Gasteiger partial charge in [0, 0.05) is 25.7 Å². The van der Waals surface area contributed by atoms with Crippen LogP contribution in [0.5, 0.6) is 17.4 Å². The second kappa shape index (κ2) is 12.4. The van der Waals surface area contributed by atoms with Gasteiger partial charge < -0.3 is 24.0 Å². The Morgan fingerprint density at radius 2 is 1.50 bits per heavy atom. The summed E-state index contributed by atoms with van der Waals surface area (Å²) in [7, 11) is 3.04. The predicted octanol–water partition coefficient (Wildman–Crippen LogP) is 5.97. The lowest BCUT2D eigenvalue weighted by Gasteiger charge is -2.52. The van der Waals surface area contributed by atoms with Gasteiger partial charge in [0.05, 0.1) is 24.6 Å². The number of thioether (sulfide) groups is 2. The molecule has 2 amide bonds. The van der Waals surface area contributed by atoms with Gasteiger partial charge in [0.2, 0.25) is 14.6 Å². The first-order valence-corrected chi connectivity index (χ1v) is 15.9. The molecule has 0 bridgehead atoms. The van der Waals surface area contributed by atoms with Crippen molar-refractivity contribution in [2.45, 2.75) is 36.1 Å². The summed E-state index contributed by atoms with van der Waals surface area (Å²) in [5.74, 6) is 0.478. The van der Waals surface area contributed by atoms with Gasteiger partial charge in [-0.15, -0.1) is 0 Å². The molecule has 3 aromatic rings. The minimum absolute atomic E-state index is 0.0171. The molecule has 0 spiro atoms. The fourth-order valence-electron chi connectivity index (χ4n) is 5.50. The van der Waals surface area contributed by atoms with E-state index in [-0.39, 0.29) is 15.2 Å². The van der Waals surface area contributed by atoms with Gasteiger partial charge in [-0.05, 0) is 97.7 Å². The highest BCUT2D eigenvalue weighted by Crippen LogP contribution is 2.62. The molecule has 2 aromatic carbocycles.